The lowest BCUT2D eigenvalue weighted by Gasteiger charge is -2.18. The van der Waals surface area contributed by atoms with Crippen LogP contribution in [0.1, 0.15) is 34.7 Å². The number of carboxylic acid groups (broad SMARTS) is 1. The van der Waals surface area contributed by atoms with Crippen molar-refractivity contribution in [3.8, 4) is 11.3 Å². The summed E-state index contributed by atoms with van der Waals surface area (Å²) in [6.45, 7) is 3.65. The zero-order valence-corrected chi connectivity index (χ0v) is 16.4. The van der Waals surface area contributed by atoms with Crippen LogP contribution in [0.15, 0.2) is 70.1 Å². The first-order valence-corrected chi connectivity index (χ1v) is 9.38. The molecular formula is C23H19N3O4. The van der Waals surface area contributed by atoms with Crippen LogP contribution in [0.2, 0.25) is 0 Å². The third kappa shape index (κ3) is 3.65. The van der Waals surface area contributed by atoms with E-state index in [-0.39, 0.29) is 11.0 Å². The fourth-order valence-electron chi connectivity index (χ4n) is 3.36. The molecule has 0 radical (unpaired) electrons. The Morgan fingerprint density at radius 3 is 2.60 bits per heavy atom. The van der Waals surface area contributed by atoms with E-state index in [9.17, 15) is 14.7 Å². The van der Waals surface area contributed by atoms with Crippen molar-refractivity contribution in [1.82, 2.24) is 9.97 Å². The molecule has 150 valence electrons. The lowest BCUT2D eigenvalue weighted by molar-refractivity contribution is 0.0698. The summed E-state index contributed by atoms with van der Waals surface area (Å²) in [5.41, 5.74) is 2.73. The van der Waals surface area contributed by atoms with Crippen LogP contribution in [-0.2, 0) is 0 Å². The molecule has 0 saturated carbocycles. The maximum Gasteiger partial charge on any atom is 0.337 e. The summed E-state index contributed by atoms with van der Waals surface area (Å²) in [6.07, 6.45) is 3.25. The highest BCUT2D eigenvalue weighted by Crippen LogP contribution is 2.29. The second-order valence-electron chi connectivity index (χ2n) is 6.95. The monoisotopic (exact) mass is 401 g/mol. The van der Waals surface area contributed by atoms with Gasteiger partial charge in [0.25, 0.3) is 0 Å². The quantitative estimate of drug-likeness (QED) is 0.510. The minimum Gasteiger partial charge on any atom is -0.478 e. The van der Waals surface area contributed by atoms with Gasteiger partial charge in [-0.3, -0.25) is 14.8 Å². The van der Waals surface area contributed by atoms with E-state index in [1.807, 2.05) is 6.92 Å². The molecule has 0 bridgehead atoms. The lowest BCUT2D eigenvalue weighted by atomic mass is 10.1. The molecule has 4 rings (SSSR count). The van der Waals surface area contributed by atoms with E-state index >= 15 is 0 Å². The summed E-state index contributed by atoms with van der Waals surface area (Å²) in [6, 6.07) is 12.9. The Labute approximate surface area is 172 Å². The molecule has 3 heterocycles. The van der Waals surface area contributed by atoms with Crippen LogP contribution >= 0.6 is 0 Å². The lowest BCUT2D eigenvalue weighted by Crippen LogP contribution is -2.14. The molecular weight excluding hydrogens is 382 g/mol. The van der Waals surface area contributed by atoms with Crippen LogP contribution < -0.4 is 10.7 Å². The predicted octanol–water partition coefficient (Wildman–Crippen LogP) is 4.43. The standard InChI is InChI=1S/C23H19N3O4/c1-13-11-17-19(27)12-20(15-7-9-24-10-8-15)30-22(17)21(25-13)14(2)26-18-6-4-3-5-16(18)23(28)29/h3-12,14,26H,1-2H3,(H,28,29)/t14-/m0/s1. The van der Waals surface area contributed by atoms with Gasteiger partial charge in [0.2, 0.25) is 0 Å². The Morgan fingerprint density at radius 2 is 1.87 bits per heavy atom. The van der Waals surface area contributed by atoms with E-state index in [0.29, 0.717) is 33.8 Å². The number of pyridine rings is 2. The number of aromatic nitrogens is 2. The number of nitrogens with zero attached hydrogens (tertiary/aromatic N) is 2. The zero-order chi connectivity index (χ0) is 21.3. The van der Waals surface area contributed by atoms with E-state index in [1.165, 1.54) is 12.1 Å². The molecule has 0 aliphatic heterocycles. The number of fused-ring (bicyclic) bond motifs is 1. The SMILES string of the molecule is Cc1cc2c(=O)cc(-c3ccncc3)oc2c([C@H](C)Nc2ccccc2C(=O)O)n1. The van der Waals surface area contributed by atoms with Gasteiger partial charge in [-0.05, 0) is 44.2 Å². The van der Waals surface area contributed by atoms with Gasteiger partial charge in [-0.2, -0.15) is 0 Å². The normalized spacial score (nSPS) is 11.9. The number of carbonyl (C=O) groups is 1. The van der Waals surface area contributed by atoms with Gasteiger partial charge in [0.1, 0.15) is 11.5 Å². The molecule has 0 aliphatic carbocycles. The van der Waals surface area contributed by atoms with E-state index in [4.69, 9.17) is 4.42 Å². The van der Waals surface area contributed by atoms with Crippen LogP contribution in [-0.4, -0.2) is 21.0 Å². The second kappa shape index (κ2) is 7.79. The van der Waals surface area contributed by atoms with E-state index in [1.54, 1.807) is 55.7 Å². The Balaban J connectivity index is 1.85. The number of nitrogens with one attached hydrogen (secondary N) is 1. The molecule has 0 amide bonds. The first kappa shape index (κ1) is 19.3. The first-order valence-electron chi connectivity index (χ1n) is 9.38. The molecule has 4 aromatic rings. The summed E-state index contributed by atoms with van der Waals surface area (Å²) in [7, 11) is 0. The number of benzene rings is 1. The van der Waals surface area contributed by atoms with Crippen molar-refractivity contribution in [2.75, 3.05) is 5.32 Å². The van der Waals surface area contributed by atoms with Crippen molar-refractivity contribution in [2.45, 2.75) is 19.9 Å². The molecule has 2 N–H and O–H groups in total. The van der Waals surface area contributed by atoms with E-state index < -0.39 is 12.0 Å². The number of aromatic carboxylic acids is 1. The molecule has 0 fully saturated rings. The fourth-order valence-corrected chi connectivity index (χ4v) is 3.36. The van der Waals surface area contributed by atoms with Crippen LogP contribution in [0, 0.1) is 6.92 Å². The number of hydrogen-bond donors (Lipinski definition) is 2. The Bertz CT molecular complexity index is 1300. The minimum atomic E-state index is -1.03. The molecule has 30 heavy (non-hydrogen) atoms. The summed E-state index contributed by atoms with van der Waals surface area (Å²) >= 11 is 0. The highest BCUT2D eigenvalue weighted by atomic mass is 16.4. The molecule has 1 atom stereocenters. The molecule has 3 aromatic heterocycles. The predicted molar refractivity (Wildman–Crippen MR) is 114 cm³/mol. The molecule has 1 aromatic carbocycles. The molecule has 0 spiro atoms. The van der Waals surface area contributed by atoms with Crippen molar-refractivity contribution >= 4 is 22.6 Å². The van der Waals surface area contributed by atoms with Crippen molar-refractivity contribution in [1.29, 1.82) is 0 Å². The third-order valence-corrected chi connectivity index (χ3v) is 4.77. The summed E-state index contributed by atoms with van der Waals surface area (Å²) in [5, 5.41) is 13.1. The highest BCUT2D eigenvalue weighted by Gasteiger charge is 2.19. The first-order chi connectivity index (χ1) is 14.4. The van der Waals surface area contributed by atoms with Gasteiger partial charge < -0.3 is 14.8 Å². The van der Waals surface area contributed by atoms with Gasteiger partial charge in [0, 0.05) is 35.4 Å². The van der Waals surface area contributed by atoms with Gasteiger partial charge in [0.05, 0.1) is 17.0 Å². The minimum absolute atomic E-state index is 0.153. The Kier molecular flexibility index (Phi) is 5.02. The van der Waals surface area contributed by atoms with Gasteiger partial charge in [-0.15, -0.1) is 0 Å². The van der Waals surface area contributed by atoms with Gasteiger partial charge in [0.15, 0.2) is 11.0 Å². The summed E-state index contributed by atoms with van der Waals surface area (Å²) in [5.74, 6) is -0.612. The number of aryl methyl sites for hydroxylation is 1. The Hall–Kier alpha value is -4.00. The average molecular weight is 401 g/mol. The summed E-state index contributed by atoms with van der Waals surface area (Å²) < 4.78 is 6.10. The third-order valence-electron chi connectivity index (χ3n) is 4.77. The number of carboxylic acids is 1. The topological polar surface area (TPSA) is 105 Å². The molecule has 7 heteroatoms. The molecule has 0 unspecified atom stereocenters. The van der Waals surface area contributed by atoms with E-state index in [2.05, 4.69) is 15.3 Å². The van der Waals surface area contributed by atoms with Crippen LogP contribution in [0.25, 0.3) is 22.3 Å². The van der Waals surface area contributed by atoms with Crippen LogP contribution in [0.4, 0.5) is 5.69 Å². The van der Waals surface area contributed by atoms with Gasteiger partial charge in [-0.25, -0.2) is 4.79 Å². The maximum atomic E-state index is 12.8. The van der Waals surface area contributed by atoms with Gasteiger partial charge in [-0.1, -0.05) is 12.1 Å². The van der Waals surface area contributed by atoms with Crippen molar-refractivity contribution in [3.05, 3.63) is 88.1 Å². The molecule has 7 nitrogen and oxygen atoms in total. The van der Waals surface area contributed by atoms with Gasteiger partial charge >= 0.3 is 5.97 Å². The van der Waals surface area contributed by atoms with Crippen molar-refractivity contribution < 1.29 is 14.3 Å². The van der Waals surface area contributed by atoms with Crippen LogP contribution in [0.3, 0.4) is 0 Å². The zero-order valence-electron chi connectivity index (χ0n) is 16.4. The maximum absolute atomic E-state index is 12.8. The summed E-state index contributed by atoms with van der Waals surface area (Å²) in [4.78, 5) is 32.9. The average Bonchev–Trinajstić information content (AvgIpc) is 2.74. The number of rotatable bonds is 5. The number of hydrogen-bond acceptors (Lipinski definition) is 6. The molecule has 0 aliphatic rings. The smallest absolute Gasteiger partial charge is 0.337 e. The van der Waals surface area contributed by atoms with E-state index in [0.717, 1.165) is 5.56 Å². The molecule has 0 saturated heterocycles. The second-order valence-corrected chi connectivity index (χ2v) is 6.95. The Morgan fingerprint density at radius 1 is 1.13 bits per heavy atom. The van der Waals surface area contributed by atoms with Crippen molar-refractivity contribution in [3.63, 3.8) is 0 Å². The largest absolute Gasteiger partial charge is 0.478 e. The fraction of sp³-hybridized carbons (Fsp3) is 0.130. The number of anilines is 1. The van der Waals surface area contributed by atoms with Crippen molar-refractivity contribution in [2.24, 2.45) is 0 Å². The highest BCUT2D eigenvalue weighted by molar-refractivity contribution is 5.94. The van der Waals surface area contributed by atoms with Crippen LogP contribution in [0.5, 0.6) is 0 Å². The number of para-hydroxylation sites is 1.